The van der Waals surface area contributed by atoms with E-state index < -0.39 is 0 Å². The van der Waals surface area contributed by atoms with Crippen molar-refractivity contribution in [3.8, 4) is 0 Å². The Morgan fingerprint density at radius 3 is 1.82 bits per heavy atom. The Hall–Kier alpha value is -2.86. The third-order valence-corrected chi connectivity index (χ3v) is 4.54. The minimum atomic E-state index is 1.21. The normalized spacial score (nSPS) is 11.6. The summed E-state index contributed by atoms with van der Waals surface area (Å²) in [7, 11) is 0. The highest BCUT2D eigenvalue weighted by Gasteiger charge is 2.10. The maximum absolute atomic E-state index is 3.45. The molecular formula is C22H13. The van der Waals surface area contributed by atoms with Gasteiger partial charge in [0, 0.05) is 0 Å². The van der Waals surface area contributed by atoms with E-state index in [0.29, 0.717) is 0 Å². The molecule has 0 heteroatoms. The second-order valence-corrected chi connectivity index (χ2v) is 5.71. The van der Waals surface area contributed by atoms with Crippen LogP contribution in [0.2, 0.25) is 0 Å². The Morgan fingerprint density at radius 1 is 0.500 bits per heavy atom. The highest BCUT2D eigenvalue weighted by molar-refractivity contribution is 6.31. The maximum atomic E-state index is 3.45. The standard InChI is InChI=1S/C22H13/c1-2-8-16-15(7-1)13-14-21-19-11-4-3-9-17(19)18-10-5-6-12-20(18)22(16)21/h1-7,9-14H. The van der Waals surface area contributed by atoms with Crippen LogP contribution in [0.15, 0.2) is 78.9 Å². The van der Waals surface area contributed by atoms with E-state index in [4.69, 9.17) is 0 Å². The molecule has 1 radical (unpaired) electrons. The van der Waals surface area contributed by atoms with Gasteiger partial charge in [-0.3, -0.25) is 0 Å². The summed E-state index contributed by atoms with van der Waals surface area (Å²) in [5, 5.41) is 10.3. The summed E-state index contributed by atoms with van der Waals surface area (Å²) in [5.74, 6) is 0. The van der Waals surface area contributed by atoms with Crippen molar-refractivity contribution in [2.75, 3.05) is 0 Å². The van der Waals surface area contributed by atoms with Crippen LogP contribution in [0.4, 0.5) is 0 Å². The van der Waals surface area contributed by atoms with Crippen molar-refractivity contribution in [3.05, 3.63) is 84.9 Å². The molecule has 0 saturated carbocycles. The number of fused-ring (bicyclic) bond motifs is 8. The molecule has 101 valence electrons. The molecule has 5 aromatic rings. The zero-order valence-corrected chi connectivity index (χ0v) is 12.0. The van der Waals surface area contributed by atoms with E-state index in [2.05, 4.69) is 78.9 Å². The molecule has 0 unspecified atom stereocenters. The third-order valence-electron chi connectivity index (χ3n) is 4.54. The molecule has 0 aliphatic carbocycles. The van der Waals surface area contributed by atoms with E-state index in [0.717, 1.165) is 0 Å². The lowest BCUT2D eigenvalue weighted by atomic mass is 9.91. The summed E-state index contributed by atoms with van der Waals surface area (Å²) in [4.78, 5) is 0. The van der Waals surface area contributed by atoms with E-state index in [-0.39, 0.29) is 0 Å². The lowest BCUT2D eigenvalue weighted by Crippen LogP contribution is -1.84. The van der Waals surface area contributed by atoms with E-state index in [1.807, 2.05) is 6.07 Å². The van der Waals surface area contributed by atoms with Gasteiger partial charge in [-0.05, 0) is 49.2 Å². The zero-order chi connectivity index (χ0) is 14.5. The summed E-state index contributed by atoms with van der Waals surface area (Å²) < 4.78 is 0. The van der Waals surface area contributed by atoms with Crippen LogP contribution >= 0.6 is 0 Å². The molecular weight excluding hydrogens is 264 g/mol. The van der Waals surface area contributed by atoms with E-state index in [9.17, 15) is 0 Å². The molecule has 0 saturated heterocycles. The van der Waals surface area contributed by atoms with Gasteiger partial charge in [0.05, 0.1) is 0 Å². The van der Waals surface area contributed by atoms with Crippen molar-refractivity contribution in [1.82, 2.24) is 0 Å². The molecule has 0 atom stereocenters. The Balaban J connectivity index is 2.24. The van der Waals surface area contributed by atoms with Gasteiger partial charge >= 0.3 is 0 Å². The third kappa shape index (κ3) is 1.47. The van der Waals surface area contributed by atoms with E-state index in [1.165, 1.54) is 43.1 Å². The van der Waals surface area contributed by atoms with Crippen LogP contribution in [0.1, 0.15) is 0 Å². The van der Waals surface area contributed by atoms with E-state index in [1.54, 1.807) is 0 Å². The van der Waals surface area contributed by atoms with Crippen molar-refractivity contribution < 1.29 is 0 Å². The minimum Gasteiger partial charge on any atom is -0.0616 e. The van der Waals surface area contributed by atoms with Gasteiger partial charge in [0.2, 0.25) is 0 Å². The molecule has 5 rings (SSSR count). The summed E-state index contributed by atoms with van der Waals surface area (Å²) in [6.45, 7) is 0. The molecule has 22 heavy (non-hydrogen) atoms. The molecule has 0 bridgehead atoms. The van der Waals surface area contributed by atoms with Gasteiger partial charge in [0.25, 0.3) is 0 Å². The average Bonchev–Trinajstić information content (AvgIpc) is 2.61. The zero-order valence-electron chi connectivity index (χ0n) is 12.0. The summed E-state index contributed by atoms with van der Waals surface area (Å²) in [6, 6.07) is 31.5. The summed E-state index contributed by atoms with van der Waals surface area (Å²) in [5.41, 5.74) is 0. The van der Waals surface area contributed by atoms with Crippen LogP contribution in [-0.4, -0.2) is 0 Å². The maximum Gasteiger partial charge on any atom is -0.00141 e. The largest absolute Gasteiger partial charge is 0.0616 e. The van der Waals surface area contributed by atoms with Gasteiger partial charge in [-0.15, -0.1) is 0 Å². The number of hydrogen-bond donors (Lipinski definition) is 0. The lowest BCUT2D eigenvalue weighted by Gasteiger charge is -2.12. The minimum absolute atomic E-state index is 1.21. The molecule has 0 fully saturated rings. The molecule has 0 aliphatic heterocycles. The molecule has 5 aromatic carbocycles. The van der Waals surface area contributed by atoms with E-state index >= 15 is 0 Å². The van der Waals surface area contributed by atoms with Crippen LogP contribution in [0.5, 0.6) is 0 Å². The van der Waals surface area contributed by atoms with Gasteiger partial charge in [-0.25, -0.2) is 0 Å². The number of rotatable bonds is 0. The van der Waals surface area contributed by atoms with Crippen LogP contribution in [0, 0.1) is 6.07 Å². The van der Waals surface area contributed by atoms with Gasteiger partial charge in [-0.1, -0.05) is 78.9 Å². The summed E-state index contributed by atoms with van der Waals surface area (Å²) >= 11 is 0. The highest BCUT2D eigenvalue weighted by Crippen LogP contribution is 2.38. The van der Waals surface area contributed by atoms with Gasteiger partial charge in [0.1, 0.15) is 0 Å². The fourth-order valence-electron chi connectivity index (χ4n) is 3.59. The topological polar surface area (TPSA) is 0 Å². The Kier molecular flexibility index (Phi) is 2.31. The Bertz CT molecular complexity index is 1120. The molecule has 0 amide bonds. The smallest absolute Gasteiger partial charge is 0.00141 e. The Labute approximate surface area is 128 Å². The second-order valence-electron chi connectivity index (χ2n) is 5.71. The molecule has 0 aromatic heterocycles. The molecule has 0 nitrogen and oxygen atoms in total. The monoisotopic (exact) mass is 277 g/mol. The first-order valence-electron chi connectivity index (χ1n) is 7.56. The predicted molar refractivity (Wildman–Crippen MR) is 95.3 cm³/mol. The molecule has 0 spiro atoms. The van der Waals surface area contributed by atoms with Crippen molar-refractivity contribution in [2.24, 2.45) is 0 Å². The second kappa shape index (κ2) is 4.32. The predicted octanol–water partition coefficient (Wildman–Crippen LogP) is 6.10. The van der Waals surface area contributed by atoms with Crippen LogP contribution in [0.3, 0.4) is 0 Å². The quantitative estimate of drug-likeness (QED) is 0.300. The summed E-state index contributed by atoms with van der Waals surface area (Å²) in [6.07, 6.45) is 0. The highest BCUT2D eigenvalue weighted by atomic mass is 14.1. The van der Waals surface area contributed by atoms with Gasteiger partial charge in [-0.2, -0.15) is 0 Å². The molecule has 0 heterocycles. The molecule has 0 N–H and O–H groups in total. The van der Waals surface area contributed by atoms with Crippen LogP contribution < -0.4 is 0 Å². The van der Waals surface area contributed by atoms with Gasteiger partial charge < -0.3 is 0 Å². The first-order valence-corrected chi connectivity index (χ1v) is 7.56. The van der Waals surface area contributed by atoms with Gasteiger partial charge in [0.15, 0.2) is 0 Å². The lowest BCUT2D eigenvalue weighted by molar-refractivity contribution is 1.77. The average molecular weight is 277 g/mol. The van der Waals surface area contributed by atoms with Crippen molar-refractivity contribution >= 4 is 43.1 Å². The fraction of sp³-hybridized carbons (Fsp3) is 0. The van der Waals surface area contributed by atoms with Crippen molar-refractivity contribution in [3.63, 3.8) is 0 Å². The van der Waals surface area contributed by atoms with Crippen molar-refractivity contribution in [1.29, 1.82) is 0 Å². The number of hydrogen-bond acceptors (Lipinski definition) is 0. The SMILES string of the molecule is [c]1cccc2ccc3c4ccccc4c4ccccc4c3c12. The first kappa shape index (κ1) is 11.8. The van der Waals surface area contributed by atoms with Crippen molar-refractivity contribution in [2.45, 2.75) is 0 Å². The van der Waals surface area contributed by atoms with Crippen LogP contribution in [0.25, 0.3) is 43.1 Å². The van der Waals surface area contributed by atoms with Crippen LogP contribution in [-0.2, 0) is 0 Å². The number of benzene rings is 5. The first-order chi connectivity index (χ1) is 10.9. The Morgan fingerprint density at radius 2 is 1.09 bits per heavy atom. The fourth-order valence-corrected chi connectivity index (χ4v) is 3.59. The molecule has 0 aliphatic rings.